The minimum Gasteiger partial charge on any atom is -0.342 e. The Morgan fingerprint density at radius 1 is 1.28 bits per heavy atom. The minimum atomic E-state index is 0.240. The lowest BCUT2D eigenvalue weighted by Crippen LogP contribution is -2.46. The van der Waals surface area contributed by atoms with Gasteiger partial charge in [0, 0.05) is 26.2 Å². The highest BCUT2D eigenvalue weighted by molar-refractivity contribution is 5.79. The zero-order chi connectivity index (χ0) is 13.0. The van der Waals surface area contributed by atoms with E-state index in [9.17, 15) is 4.79 Å². The number of carbonyl (C=O) groups excluding carboxylic acids is 1. The number of amides is 1. The van der Waals surface area contributed by atoms with Crippen LogP contribution >= 0.6 is 0 Å². The molecule has 0 unspecified atom stereocenters. The van der Waals surface area contributed by atoms with Gasteiger partial charge in [-0.05, 0) is 52.2 Å². The first-order valence-electron chi connectivity index (χ1n) is 7.31. The lowest BCUT2D eigenvalue weighted by atomic mass is 9.93. The van der Waals surface area contributed by atoms with Crippen molar-refractivity contribution < 1.29 is 4.79 Å². The van der Waals surface area contributed by atoms with Crippen LogP contribution in [0.1, 0.15) is 25.7 Å². The Bertz CT molecular complexity index is 266. The van der Waals surface area contributed by atoms with Crippen LogP contribution in [0.2, 0.25) is 0 Å². The second-order valence-corrected chi connectivity index (χ2v) is 6.07. The largest absolute Gasteiger partial charge is 0.342 e. The summed E-state index contributed by atoms with van der Waals surface area (Å²) in [5.74, 6) is 1.41. The van der Waals surface area contributed by atoms with Crippen molar-refractivity contribution >= 4 is 5.91 Å². The van der Waals surface area contributed by atoms with Crippen LogP contribution in [0.25, 0.3) is 0 Å². The lowest BCUT2D eigenvalue weighted by molar-refractivity contribution is -0.137. The van der Waals surface area contributed by atoms with E-state index in [2.05, 4.69) is 29.2 Å². The normalized spacial score (nSPS) is 26.6. The van der Waals surface area contributed by atoms with E-state index in [0.29, 0.717) is 5.91 Å². The zero-order valence-corrected chi connectivity index (χ0v) is 11.8. The van der Waals surface area contributed by atoms with E-state index < -0.39 is 0 Å². The maximum absolute atomic E-state index is 12.4. The molecule has 2 rings (SSSR count). The maximum atomic E-state index is 12.4. The predicted octanol–water partition coefficient (Wildman–Crippen LogP) is 0.786. The first-order chi connectivity index (χ1) is 8.66. The van der Waals surface area contributed by atoms with Gasteiger partial charge < -0.3 is 15.1 Å². The maximum Gasteiger partial charge on any atom is 0.226 e. The molecule has 0 spiro atoms. The van der Waals surface area contributed by atoms with Crippen molar-refractivity contribution in [2.24, 2.45) is 11.8 Å². The number of likely N-dealkylation sites (tertiary alicyclic amines) is 1. The van der Waals surface area contributed by atoms with Crippen LogP contribution in [0.3, 0.4) is 0 Å². The Morgan fingerprint density at radius 3 is 2.56 bits per heavy atom. The third kappa shape index (κ3) is 3.69. The summed E-state index contributed by atoms with van der Waals surface area (Å²) >= 11 is 0. The number of nitrogens with zero attached hydrogens (tertiary/aromatic N) is 2. The number of rotatable bonds is 3. The fraction of sp³-hybridized carbons (Fsp3) is 0.929. The highest BCUT2D eigenvalue weighted by Crippen LogP contribution is 2.21. The number of hydrogen-bond acceptors (Lipinski definition) is 3. The van der Waals surface area contributed by atoms with Gasteiger partial charge in [0.15, 0.2) is 0 Å². The van der Waals surface area contributed by atoms with E-state index in [-0.39, 0.29) is 5.92 Å². The second-order valence-electron chi connectivity index (χ2n) is 6.07. The molecule has 18 heavy (non-hydrogen) atoms. The van der Waals surface area contributed by atoms with E-state index in [1.165, 1.54) is 12.8 Å². The van der Waals surface area contributed by atoms with Gasteiger partial charge in [0.05, 0.1) is 5.92 Å². The van der Waals surface area contributed by atoms with Crippen LogP contribution in [-0.2, 0) is 4.79 Å². The third-order valence-electron chi connectivity index (χ3n) is 4.20. The molecule has 2 aliphatic heterocycles. The number of hydrogen-bond donors (Lipinski definition) is 1. The average Bonchev–Trinajstić information content (AvgIpc) is 2.39. The Morgan fingerprint density at radius 2 is 2.00 bits per heavy atom. The van der Waals surface area contributed by atoms with Gasteiger partial charge in [-0.25, -0.2) is 0 Å². The SMILES string of the molecule is CN(C)CC1CCN(C(=O)[C@@H]2CCCNC2)CC1. The van der Waals surface area contributed by atoms with Crippen molar-refractivity contribution in [1.82, 2.24) is 15.1 Å². The van der Waals surface area contributed by atoms with Gasteiger partial charge in [0.25, 0.3) is 0 Å². The summed E-state index contributed by atoms with van der Waals surface area (Å²) in [4.78, 5) is 16.7. The number of piperidine rings is 2. The summed E-state index contributed by atoms with van der Waals surface area (Å²) in [7, 11) is 4.26. The lowest BCUT2D eigenvalue weighted by Gasteiger charge is -2.36. The van der Waals surface area contributed by atoms with Crippen LogP contribution < -0.4 is 5.32 Å². The van der Waals surface area contributed by atoms with Gasteiger partial charge in [-0.2, -0.15) is 0 Å². The van der Waals surface area contributed by atoms with Crippen molar-refractivity contribution in [2.45, 2.75) is 25.7 Å². The Hall–Kier alpha value is -0.610. The smallest absolute Gasteiger partial charge is 0.226 e. The summed E-state index contributed by atoms with van der Waals surface area (Å²) in [6.07, 6.45) is 4.56. The highest BCUT2D eigenvalue weighted by atomic mass is 16.2. The third-order valence-corrected chi connectivity index (χ3v) is 4.20. The first kappa shape index (κ1) is 13.8. The summed E-state index contributed by atoms with van der Waals surface area (Å²) in [5, 5.41) is 3.34. The van der Waals surface area contributed by atoms with E-state index in [0.717, 1.165) is 51.5 Å². The van der Waals surface area contributed by atoms with E-state index in [4.69, 9.17) is 0 Å². The van der Waals surface area contributed by atoms with Crippen molar-refractivity contribution in [3.63, 3.8) is 0 Å². The molecule has 4 nitrogen and oxygen atoms in total. The molecule has 0 saturated carbocycles. The van der Waals surface area contributed by atoms with Gasteiger partial charge >= 0.3 is 0 Å². The molecule has 2 fully saturated rings. The molecular weight excluding hydrogens is 226 g/mol. The van der Waals surface area contributed by atoms with Crippen molar-refractivity contribution in [3.05, 3.63) is 0 Å². The Balaban J connectivity index is 1.76. The Labute approximate surface area is 111 Å². The van der Waals surface area contributed by atoms with Gasteiger partial charge in [0.1, 0.15) is 0 Å². The first-order valence-corrected chi connectivity index (χ1v) is 7.31. The zero-order valence-electron chi connectivity index (χ0n) is 11.8. The minimum absolute atomic E-state index is 0.240. The molecule has 0 aromatic heterocycles. The van der Waals surface area contributed by atoms with E-state index >= 15 is 0 Å². The fourth-order valence-corrected chi connectivity index (χ4v) is 3.17. The topological polar surface area (TPSA) is 35.6 Å². The molecule has 0 bridgehead atoms. The quantitative estimate of drug-likeness (QED) is 0.807. The Kier molecular flexibility index (Phi) is 5.01. The molecule has 0 aromatic rings. The predicted molar refractivity (Wildman–Crippen MR) is 73.5 cm³/mol. The fourth-order valence-electron chi connectivity index (χ4n) is 3.17. The van der Waals surface area contributed by atoms with Gasteiger partial charge in [-0.1, -0.05) is 0 Å². The molecule has 1 atom stereocenters. The van der Waals surface area contributed by atoms with Crippen molar-refractivity contribution in [2.75, 3.05) is 46.8 Å². The van der Waals surface area contributed by atoms with E-state index in [1.54, 1.807) is 0 Å². The average molecular weight is 253 g/mol. The molecule has 0 aromatic carbocycles. The standard InChI is InChI=1S/C14H27N3O/c1-16(2)11-12-5-8-17(9-6-12)14(18)13-4-3-7-15-10-13/h12-13,15H,3-11H2,1-2H3/t13-/m1/s1. The summed E-state index contributed by atoms with van der Waals surface area (Å²) in [6, 6.07) is 0. The van der Waals surface area contributed by atoms with Crippen LogP contribution in [0.5, 0.6) is 0 Å². The molecule has 1 N–H and O–H groups in total. The molecule has 4 heteroatoms. The second kappa shape index (κ2) is 6.53. The molecule has 0 radical (unpaired) electrons. The summed E-state index contributed by atoms with van der Waals surface area (Å²) in [5.41, 5.74) is 0. The number of nitrogens with one attached hydrogen (secondary N) is 1. The van der Waals surface area contributed by atoms with Crippen molar-refractivity contribution in [1.29, 1.82) is 0 Å². The van der Waals surface area contributed by atoms with Crippen LogP contribution in [-0.4, -0.2) is 62.5 Å². The van der Waals surface area contributed by atoms with Gasteiger partial charge in [-0.15, -0.1) is 0 Å². The molecule has 0 aliphatic carbocycles. The summed E-state index contributed by atoms with van der Waals surface area (Å²) < 4.78 is 0. The molecule has 2 saturated heterocycles. The molecular formula is C14H27N3O. The molecule has 104 valence electrons. The molecule has 2 heterocycles. The van der Waals surface area contributed by atoms with Crippen molar-refractivity contribution in [3.8, 4) is 0 Å². The van der Waals surface area contributed by atoms with Gasteiger partial charge in [0.2, 0.25) is 5.91 Å². The monoisotopic (exact) mass is 253 g/mol. The number of carbonyl (C=O) groups is 1. The van der Waals surface area contributed by atoms with Crippen LogP contribution in [0, 0.1) is 11.8 Å². The molecule has 2 aliphatic rings. The van der Waals surface area contributed by atoms with E-state index in [1.807, 2.05) is 0 Å². The van der Waals surface area contributed by atoms with Crippen LogP contribution in [0.4, 0.5) is 0 Å². The van der Waals surface area contributed by atoms with Crippen LogP contribution in [0.15, 0.2) is 0 Å². The highest BCUT2D eigenvalue weighted by Gasteiger charge is 2.29. The van der Waals surface area contributed by atoms with Gasteiger partial charge in [-0.3, -0.25) is 4.79 Å². The summed E-state index contributed by atoms with van der Waals surface area (Å²) in [6.45, 7) is 5.06. The molecule has 1 amide bonds.